The molecule has 0 spiro atoms. The molecule has 112 valence electrons. The fraction of sp³-hybridized carbons (Fsp3) is 0.231. The van der Waals surface area contributed by atoms with Gasteiger partial charge in [-0.3, -0.25) is 4.72 Å². The average molecular weight is 327 g/mol. The van der Waals surface area contributed by atoms with Crippen LogP contribution in [0.1, 0.15) is 12.5 Å². The van der Waals surface area contributed by atoms with Crippen molar-refractivity contribution in [3.63, 3.8) is 0 Å². The molecule has 0 saturated heterocycles. The van der Waals surface area contributed by atoms with Crippen molar-refractivity contribution >= 4 is 27.3 Å². The number of nitrogens with zero attached hydrogens (tertiary/aromatic N) is 2. The molecule has 2 N–H and O–H groups in total. The van der Waals surface area contributed by atoms with E-state index >= 15 is 0 Å². The molecule has 21 heavy (non-hydrogen) atoms. The summed E-state index contributed by atoms with van der Waals surface area (Å²) in [5.41, 5.74) is 1.12. The van der Waals surface area contributed by atoms with E-state index in [-0.39, 0.29) is 15.6 Å². The van der Waals surface area contributed by atoms with E-state index in [4.69, 9.17) is 11.6 Å². The number of anilines is 1. The van der Waals surface area contributed by atoms with Crippen molar-refractivity contribution in [2.24, 2.45) is 0 Å². The fourth-order valence-corrected chi connectivity index (χ4v) is 3.27. The summed E-state index contributed by atoms with van der Waals surface area (Å²) in [6.45, 7) is 3.35. The Balaban J connectivity index is 2.30. The molecule has 0 radical (unpaired) electrons. The molecule has 0 fully saturated rings. The van der Waals surface area contributed by atoms with E-state index < -0.39 is 10.0 Å². The Kier molecular flexibility index (Phi) is 5.11. The quantitative estimate of drug-likeness (QED) is 0.848. The van der Waals surface area contributed by atoms with E-state index in [0.29, 0.717) is 6.54 Å². The third-order valence-corrected chi connectivity index (χ3v) is 4.54. The number of benzene rings is 1. The van der Waals surface area contributed by atoms with Crippen LogP contribution in [0.25, 0.3) is 0 Å². The minimum atomic E-state index is -3.78. The zero-order valence-corrected chi connectivity index (χ0v) is 12.9. The topological polar surface area (TPSA) is 84.0 Å². The molecular formula is C13H15ClN4O2S. The molecule has 2 aromatic rings. The number of halogens is 1. The normalized spacial score (nSPS) is 11.3. The van der Waals surface area contributed by atoms with Gasteiger partial charge in [0.1, 0.15) is 11.2 Å². The van der Waals surface area contributed by atoms with Crippen LogP contribution < -0.4 is 10.0 Å². The molecule has 0 saturated carbocycles. The largest absolute Gasteiger partial charge is 0.313 e. The summed E-state index contributed by atoms with van der Waals surface area (Å²) in [5.74, 6) is 0. The summed E-state index contributed by atoms with van der Waals surface area (Å²) < 4.78 is 27.2. The summed E-state index contributed by atoms with van der Waals surface area (Å²) >= 11 is 6.01. The first kappa shape index (κ1) is 15.7. The Labute approximate surface area is 128 Å². The first-order valence-electron chi connectivity index (χ1n) is 6.30. The molecule has 0 bridgehead atoms. The molecule has 1 aromatic heterocycles. The highest BCUT2D eigenvalue weighted by Crippen LogP contribution is 2.24. The molecule has 6 nitrogen and oxygen atoms in total. The predicted octanol–water partition coefficient (Wildman–Crippen LogP) is 2.04. The molecular weight excluding hydrogens is 312 g/mol. The number of nitrogens with one attached hydrogen (secondary N) is 2. The van der Waals surface area contributed by atoms with Gasteiger partial charge in [-0.1, -0.05) is 24.6 Å². The van der Waals surface area contributed by atoms with Crippen molar-refractivity contribution in [1.82, 2.24) is 15.3 Å². The van der Waals surface area contributed by atoms with Gasteiger partial charge in [0.05, 0.1) is 23.1 Å². The molecule has 0 atom stereocenters. The molecule has 1 aromatic carbocycles. The van der Waals surface area contributed by atoms with Crippen LogP contribution in [-0.4, -0.2) is 24.9 Å². The van der Waals surface area contributed by atoms with Crippen LogP contribution in [-0.2, 0) is 16.6 Å². The number of hydrogen-bond acceptors (Lipinski definition) is 5. The zero-order valence-electron chi connectivity index (χ0n) is 11.4. The number of hydrogen-bond donors (Lipinski definition) is 2. The number of rotatable bonds is 6. The summed E-state index contributed by atoms with van der Waals surface area (Å²) in [7, 11) is -3.78. The average Bonchev–Trinajstić information content (AvgIpc) is 2.47. The number of aromatic nitrogens is 2. The van der Waals surface area contributed by atoms with Gasteiger partial charge in [-0.25, -0.2) is 18.4 Å². The van der Waals surface area contributed by atoms with Gasteiger partial charge in [0.15, 0.2) is 0 Å². The van der Waals surface area contributed by atoms with Gasteiger partial charge in [0.25, 0.3) is 10.0 Å². The number of sulfonamides is 1. The smallest absolute Gasteiger partial charge is 0.263 e. The van der Waals surface area contributed by atoms with Crippen molar-refractivity contribution in [1.29, 1.82) is 0 Å². The predicted molar refractivity (Wildman–Crippen MR) is 81.7 cm³/mol. The van der Waals surface area contributed by atoms with Crippen molar-refractivity contribution in [2.45, 2.75) is 18.4 Å². The minimum Gasteiger partial charge on any atom is -0.313 e. The van der Waals surface area contributed by atoms with Crippen LogP contribution in [0.5, 0.6) is 0 Å². The van der Waals surface area contributed by atoms with E-state index in [2.05, 4.69) is 20.0 Å². The lowest BCUT2D eigenvalue weighted by molar-refractivity contribution is 0.601. The van der Waals surface area contributed by atoms with Gasteiger partial charge < -0.3 is 5.32 Å². The lowest BCUT2D eigenvalue weighted by atomic mass is 10.2. The van der Waals surface area contributed by atoms with Crippen molar-refractivity contribution < 1.29 is 8.42 Å². The van der Waals surface area contributed by atoms with Gasteiger partial charge in [0, 0.05) is 6.54 Å². The Morgan fingerprint density at radius 3 is 2.62 bits per heavy atom. The van der Waals surface area contributed by atoms with Gasteiger partial charge in [-0.2, -0.15) is 0 Å². The first-order chi connectivity index (χ1) is 10.0. The van der Waals surface area contributed by atoms with Crippen LogP contribution >= 0.6 is 11.6 Å². The summed E-state index contributed by atoms with van der Waals surface area (Å²) in [4.78, 5) is 7.55. The Morgan fingerprint density at radius 2 is 1.95 bits per heavy atom. The van der Waals surface area contributed by atoms with Crippen molar-refractivity contribution in [2.75, 3.05) is 11.3 Å². The van der Waals surface area contributed by atoms with Crippen LogP contribution in [0.15, 0.2) is 41.8 Å². The monoisotopic (exact) mass is 326 g/mol. The Morgan fingerprint density at radius 1 is 1.24 bits per heavy atom. The zero-order chi connectivity index (χ0) is 15.3. The van der Waals surface area contributed by atoms with Crippen LogP contribution in [0, 0.1) is 0 Å². The van der Waals surface area contributed by atoms with Crippen molar-refractivity contribution in [3.8, 4) is 0 Å². The summed E-state index contributed by atoms with van der Waals surface area (Å²) in [6.07, 6.45) is 4.07. The van der Waals surface area contributed by atoms with Gasteiger partial charge in [-0.15, -0.1) is 0 Å². The molecule has 1 heterocycles. The van der Waals surface area contributed by atoms with Crippen LogP contribution in [0.3, 0.4) is 0 Å². The molecule has 0 amide bonds. The fourth-order valence-electron chi connectivity index (χ4n) is 1.69. The van der Waals surface area contributed by atoms with Crippen LogP contribution in [0.2, 0.25) is 5.02 Å². The van der Waals surface area contributed by atoms with E-state index in [1.54, 1.807) is 18.2 Å². The molecule has 0 aliphatic heterocycles. The Hall–Kier alpha value is -1.70. The molecule has 0 aliphatic rings. The van der Waals surface area contributed by atoms with E-state index in [1.165, 1.54) is 18.7 Å². The maximum Gasteiger partial charge on any atom is 0.263 e. The Bertz CT molecular complexity index is 707. The molecule has 8 heteroatoms. The van der Waals surface area contributed by atoms with E-state index in [1.807, 2.05) is 6.92 Å². The van der Waals surface area contributed by atoms with Crippen LogP contribution in [0.4, 0.5) is 5.69 Å². The minimum absolute atomic E-state index is 0.0309. The molecule has 2 rings (SSSR count). The van der Waals surface area contributed by atoms with Gasteiger partial charge in [0.2, 0.25) is 0 Å². The van der Waals surface area contributed by atoms with Gasteiger partial charge in [-0.05, 0) is 24.2 Å². The lowest BCUT2D eigenvalue weighted by Gasteiger charge is -2.11. The standard InChI is InChI=1S/C13H15ClN4O2S/c1-2-15-6-10-3-4-12(14)13(5-10)21(19,20)18-11-7-16-9-17-8-11/h3-5,7-9,15,18H,2,6H2,1H3. The lowest BCUT2D eigenvalue weighted by Crippen LogP contribution is -2.16. The van der Waals surface area contributed by atoms with Gasteiger partial charge >= 0.3 is 0 Å². The maximum absolute atomic E-state index is 12.4. The van der Waals surface area contributed by atoms with E-state index in [9.17, 15) is 8.42 Å². The second kappa shape index (κ2) is 6.84. The third-order valence-electron chi connectivity index (χ3n) is 2.68. The molecule has 0 unspecified atom stereocenters. The first-order valence-corrected chi connectivity index (χ1v) is 8.16. The molecule has 0 aliphatic carbocycles. The third kappa shape index (κ3) is 4.13. The van der Waals surface area contributed by atoms with Crippen molar-refractivity contribution in [3.05, 3.63) is 47.5 Å². The highest BCUT2D eigenvalue weighted by Gasteiger charge is 2.18. The maximum atomic E-state index is 12.4. The highest BCUT2D eigenvalue weighted by atomic mass is 35.5. The van der Waals surface area contributed by atoms with E-state index in [0.717, 1.165) is 12.1 Å². The second-order valence-electron chi connectivity index (χ2n) is 4.28. The second-order valence-corrected chi connectivity index (χ2v) is 6.34. The summed E-state index contributed by atoms with van der Waals surface area (Å²) in [5, 5.41) is 3.30. The highest BCUT2D eigenvalue weighted by molar-refractivity contribution is 7.92. The summed E-state index contributed by atoms with van der Waals surface area (Å²) in [6, 6.07) is 4.91. The SMILES string of the molecule is CCNCc1ccc(Cl)c(S(=O)(=O)Nc2cncnc2)c1.